The van der Waals surface area contributed by atoms with Crippen LogP contribution >= 0.6 is 0 Å². The summed E-state index contributed by atoms with van der Waals surface area (Å²) < 4.78 is 6.66. The van der Waals surface area contributed by atoms with Crippen LogP contribution in [-0.2, 0) is 22.6 Å². The van der Waals surface area contributed by atoms with Crippen LogP contribution in [0.3, 0.4) is 0 Å². The summed E-state index contributed by atoms with van der Waals surface area (Å²) in [4.78, 5) is 22.9. The van der Waals surface area contributed by atoms with Crippen LogP contribution in [0.1, 0.15) is 76.3 Å². The molecule has 56 heavy (non-hydrogen) atoms. The number of carbonyl (C=O) groups is 1. The number of para-hydroxylation sites is 1. The van der Waals surface area contributed by atoms with Crippen LogP contribution in [0.5, 0.6) is 5.75 Å². The van der Waals surface area contributed by atoms with Gasteiger partial charge in [0.15, 0.2) is 0 Å². The molecule has 0 spiro atoms. The van der Waals surface area contributed by atoms with Crippen molar-refractivity contribution in [1.82, 2.24) is 20.6 Å². The maximum Gasteiger partial charge on any atom is 0.240 e. The van der Waals surface area contributed by atoms with Gasteiger partial charge in [-0.25, -0.2) is 0 Å². The molecular formula is C46H64N4O6. The first kappa shape index (κ1) is 40.8. The van der Waals surface area contributed by atoms with Gasteiger partial charge in [0.25, 0.3) is 0 Å². The highest BCUT2D eigenvalue weighted by Gasteiger charge is 2.57. The molecule has 5 N–H and O–H groups in total. The van der Waals surface area contributed by atoms with Crippen LogP contribution in [0.4, 0.5) is 0 Å². The molecule has 5 aliphatic rings. The Morgan fingerprint density at radius 3 is 2.45 bits per heavy atom. The predicted octanol–water partition coefficient (Wildman–Crippen LogP) is 5.56. The minimum absolute atomic E-state index is 0.0181. The summed E-state index contributed by atoms with van der Waals surface area (Å²) in [6.45, 7) is 9.88. The highest BCUT2D eigenvalue weighted by molar-refractivity contribution is 5.83. The van der Waals surface area contributed by atoms with Crippen molar-refractivity contribution in [2.24, 2.45) is 35.0 Å². The Labute approximate surface area is 333 Å². The van der Waals surface area contributed by atoms with E-state index in [-0.39, 0.29) is 31.1 Å². The Balaban J connectivity index is 1.14. The number of carbonyl (C=O) groups excluding carboxylic acids is 1. The average molecular weight is 769 g/mol. The van der Waals surface area contributed by atoms with Crippen LogP contribution in [0, 0.1) is 35.0 Å². The van der Waals surface area contributed by atoms with Gasteiger partial charge in [-0.15, -0.1) is 0 Å². The third-order valence-electron chi connectivity index (χ3n) is 13.5. The van der Waals surface area contributed by atoms with Crippen LogP contribution < -0.4 is 15.4 Å². The van der Waals surface area contributed by atoms with E-state index in [2.05, 4.69) is 48.4 Å². The zero-order valence-electron chi connectivity index (χ0n) is 34.1. The predicted molar refractivity (Wildman–Crippen MR) is 218 cm³/mol. The van der Waals surface area contributed by atoms with Gasteiger partial charge in [-0.3, -0.25) is 14.9 Å². The molecule has 1 aliphatic heterocycles. The number of rotatable bonds is 17. The highest BCUT2D eigenvalue weighted by atomic mass is 16.7. The summed E-state index contributed by atoms with van der Waals surface area (Å²) in [5.41, 5.74) is 4.88. The lowest BCUT2D eigenvalue weighted by Crippen LogP contribution is -2.62. The smallest absolute Gasteiger partial charge is 0.240 e. The minimum atomic E-state index is -0.892. The Hall–Kier alpha value is -3.35. The molecule has 10 heteroatoms. The normalized spacial score (nSPS) is 28.7. The lowest BCUT2D eigenvalue weighted by Gasteiger charge is -2.62. The van der Waals surface area contributed by atoms with E-state index in [0.29, 0.717) is 41.4 Å². The molecule has 1 unspecified atom stereocenters. The summed E-state index contributed by atoms with van der Waals surface area (Å²) in [5.74, 6) is 1.92. The summed E-state index contributed by atoms with van der Waals surface area (Å²) in [5, 5.41) is 41.5. The van der Waals surface area contributed by atoms with Crippen molar-refractivity contribution in [1.29, 1.82) is 0 Å². The molecule has 4 aliphatic carbocycles. The molecule has 0 aromatic heterocycles. The van der Waals surface area contributed by atoms with Crippen molar-refractivity contribution in [3.63, 3.8) is 0 Å². The fourth-order valence-corrected chi connectivity index (χ4v) is 9.96. The molecule has 0 radical (unpaired) electrons. The van der Waals surface area contributed by atoms with Gasteiger partial charge in [0.2, 0.25) is 5.91 Å². The van der Waals surface area contributed by atoms with Crippen molar-refractivity contribution in [3.05, 3.63) is 89.5 Å². The number of ether oxygens (including phenoxy) is 1. The third kappa shape index (κ3) is 8.87. The Morgan fingerprint density at radius 1 is 1.04 bits per heavy atom. The molecule has 1 saturated heterocycles. The summed E-state index contributed by atoms with van der Waals surface area (Å²) in [7, 11) is 4.08. The number of hydroxylamine groups is 2. The first-order chi connectivity index (χ1) is 26.8. The SMILES string of the molecule is C[C@@H]1[C@@H](NC(=O)[C@@H]2[C@H]([C@H](C)O)[C@H](CO)ON2Cc2cccc(-c3cccc(C(O)N[C@@H](Cc4ccccc4)CN(C)C)c3)c2OCC2CC2)C[C@H]2C[C@@H]1C2(C)C. The lowest BCUT2D eigenvalue weighted by molar-refractivity contribution is -0.183. The van der Waals surface area contributed by atoms with Gasteiger partial charge in [0.1, 0.15) is 24.1 Å². The Morgan fingerprint density at radius 2 is 1.79 bits per heavy atom. The number of nitrogens with one attached hydrogen (secondary N) is 2. The van der Waals surface area contributed by atoms with E-state index in [1.54, 1.807) is 12.0 Å². The van der Waals surface area contributed by atoms with Gasteiger partial charge >= 0.3 is 0 Å². The van der Waals surface area contributed by atoms with Crippen LogP contribution in [0.15, 0.2) is 72.8 Å². The van der Waals surface area contributed by atoms with E-state index in [1.165, 1.54) is 12.0 Å². The third-order valence-corrected chi connectivity index (χ3v) is 13.5. The topological polar surface area (TPSA) is 127 Å². The molecule has 5 fully saturated rings. The quantitative estimate of drug-likeness (QED) is 0.112. The van der Waals surface area contributed by atoms with Gasteiger partial charge in [-0.2, -0.15) is 5.06 Å². The fraction of sp³-hybridized carbons (Fsp3) is 0.587. The second kappa shape index (κ2) is 17.2. The van der Waals surface area contributed by atoms with Crippen molar-refractivity contribution >= 4 is 5.91 Å². The first-order valence-corrected chi connectivity index (χ1v) is 20.8. The molecule has 8 rings (SSSR count). The van der Waals surface area contributed by atoms with Gasteiger partial charge < -0.3 is 30.3 Å². The van der Waals surface area contributed by atoms with E-state index in [0.717, 1.165) is 54.5 Å². The second-order valence-corrected chi connectivity index (χ2v) is 18.1. The highest BCUT2D eigenvalue weighted by Crippen LogP contribution is 2.61. The number of hydrogen-bond acceptors (Lipinski definition) is 9. The lowest BCUT2D eigenvalue weighted by atomic mass is 9.45. The molecule has 4 saturated carbocycles. The van der Waals surface area contributed by atoms with Gasteiger partial charge in [-0.1, -0.05) is 87.5 Å². The number of amides is 1. The van der Waals surface area contributed by atoms with Crippen LogP contribution in [-0.4, -0.2) is 95.4 Å². The van der Waals surface area contributed by atoms with Crippen LogP contribution in [0.25, 0.3) is 11.1 Å². The van der Waals surface area contributed by atoms with Gasteiger partial charge in [-0.05, 0) is 105 Å². The number of aliphatic hydroxyl groups excluding tert-OH is 3. The molecule has 3 aromatic rings. The number of likely N-dealkylation sites (N-methyl/N-ethyl adjacent to an activating group) is 1. The second-order valence-electron chi connectivity index (χ2n) is 18.1. The number of aliphatic hydroxyl groups is 3. The molecule has 1 heterocycles. The Kier molecular flexibility index (Phi) is 12.6. The maximum atomic E-state index is 14.4. The summed E-state index contributed by atoms with van der Waals surface area (Å²) in [6.07, 6.45) is 2.69. The molecule has 10 atom stereocenters. The molecular weight excluding hydrogens is 705 g/mol. The number of hydrogen-bond donors (Lipinski definition) is 5. The molecule has 2 bridgehead atoms. The van der Waals surface area contributed by atoms with Gasteiger partial charge in [0, 0.05) is 35.7 Å². The van der Waals surface area contributed by atoms with Crippen molar-refractivity contribution < 1.29 is 29.7 Å². The molecule has 1 amide bonds. The summed E-state index contributed by atoms with van der Waals surface area (Å²) in [6, 6.07) is 23.6. The molecule has 3 aromatic carbocycles. The largest absolute Gasteiger partial charge is 0.492 e. The molecule has 304 valence electrons. The number of nitrogens with zero attached hydrogens (tertiary/aromatic N) is 2. The van der Waals surface area contributed by atoms with E-state index >= 15 is 0 Å². The van der Waals surface area contributed by atoms with Gasteiger partial charge in [0.05, 0.1) is 25.9 Å². The zero-order chi connectivity index (χ0) is 39.7. The first-order valence-electron chi connectivity index (χ1n) is 20.8. The van der Waals surface area contributed by atoms with E-state index < -0.39 is 30.4 Å². The number of fused-ring (bicyclic) bond motifs is 2. The maximum absolute atomic E-state index is 14.4. The van der Waals surface area contributed by atoms with Crippen molar-refractivity contribution in [2.75, 3.05) is 33.9 Å². The monoisotopic (exact) mass is 768 g/mol. The standard InChI is InChI=1S/C46H64N4O6/c1-28-38-22-35(46(38,3)4)23-39(28)48-45(54)42-41(29(2)52)40(26-51)56-50(42)24-34-16-11-17-37(43(34)55-27-31-18-19-31)32-14-10-15-33(21-32)44(53)47-36(25-49(5)6)20-30-12-8-7-9-13-30/h7-17,21,28-29,31,35-36,38-42,44,47,51-53H,18-20,22-27H2,1-6H3,(H,48,54)/t28-,29-,35+,36-,38-,39-,40-,41+,42-,44?/m0/s1. The van der Waals surface area contributed by atoms with E-state index in [1.807, 2.05) is 74.8 Å². The number of benzene rings is 3. The van der Waals surface area contributed by atoms with E-state index in [4.69, 9.17) is 9.57 Å². The van der Waals surface area contributed by atoms with Crippen LogP contribution in [0.2, 0.25) is 0 Å². The fourth-order valence-electron chi connectivity index (χ4n) is 9.96. The average Bonchev–Trinajstić information content (AvgIpc) is 3.93. The molecule has 10 nitrogen and oxygen atoms in total. The van der Waals surface area contributed by atoms with Crippen molar-refractivity contribution in [3.8, 4) is 16.9 Å². The summed E-state index contributed by atoms with van der Waals surface area (Å²) >= 11 is 0. The Bertz CT molecular complexity index is 1780. The van der Waals surface area contributed by atoms with Crippen molar-refractivity contribution in [2.45, 2.75) is 103 Å². The zero-order valence-corrected chi connectivity index (χ0v) is 34.1. The van der Waals surface area contributed by atoms with E-state index in [9.17, 15) is 20.1 Å². The minimum Gasteiger partial charge on any atom is -0.492 e.